The lowest BCUT2D eigenvalue weighted by atomic mass is 10.1. The Kier molecular flexibility index (Phi) is 2.45. The molecule has 1 aliphatic rings. The summed E-state index contributed by atoms with van der Waals surface area (Å²) in [6.45, 7) is 1.49. The first-order valence-electron chi connectivity index (χ1n) is 4.96. The number of aromatic nitrogens is 2. The van der Waals surface area contributed by atoms with Gasteiger partial charge in [-0.1, -0.05) is 4.49 Å². The number of amides is 1. The van der Waals surface area contributed by atoms with Crippen LogP contribution in [0.25, 0.3) is 0 Å². The van der Waals surface area contributed by atoms with Crippen LogP contribution in [0.4, 0.5) is 0 Å². The molecule has 82 valence electrons. The molecular formula is C10H9N3OS2. The maximum atomic E-state index is 12.0. The predicted octanol–water partition coefficient (Wildman–Crippen LogP) is 1.80. The molecule has 2 aromatic rings. The van der Waals surface area contributed by atoms with Crippen molar-refractivity contribution < 1.29 is 4.79 Å². The van der Waals surface area contributed by atoms with E-state index >= 15 is 0 Å². The molecule has 0 unspecified atom stereocenters. The summed E-state index contributed by atoms with van der Waals surface area (Å²) in [5, 5.41) is 7.60. The molecule has 2 aromatic heterocycles. The van der Waals surface area contributed by atoms with Gasteiger partial charge in [-0.3, -0.25) is 4.79 Å². The van der Waals surface area contributed by atoms with Crippen LogP contribution in [0.2, 0.25) is 0 Å². The highest BCUT2D eigenvalue weighted by Gasteiger charge is 2.23. The molecule has 0 N–H and O–H groups in total. The molecule has 4 nitrogen and oxygen atoms in total. The van der Waals surface area contributed by atoms with Gasteiger partial charge in [0.1, 0.15) is 0 Å². The van der Waals surface area contributed by atoms with Gasteiger partial charge in [0.25, 0.3) is 5.91 Å². The fourth-order valence-electron chi connectivity index (χ4n) is 1.84. The Hall–Kier alpha value is -1.27. The van der Waals surface area contributed by atoms with Crippen LogP contribution in [-0.2, 0) is 13.0 Å². The smallest absolute Gasteiger partial charge is 0.275 e. The average Bonchev–Trinajstić information content (AvgIpc) is 2.98. The van der Waals surface area contributed by atoms with E-state index in [1.54, 1.807) is 16.7 Å². The zero-order chi connectivity index (χ0) is 11.0. The van der Waals surface area contributed by atoms with Gasteiger partial charge in [0.05, 0.1) is 0 Å². The lowest BCUT2D eigenvalue weighted by molar-refractivity contribution is 0.0730. The highest BCUT2D eigenvalue weighted by Crippen LogP contribution is 2.24. The summed E-state index contributed by atoms with van der Waals surface area (Å²) in [5.74, 6) is -0.00870. The lowest BCUT2D eigenvalue weighted by Crippen LogP contribution is -2.35. The number of thiophene rings is 1. The molecule has 0 fully saturated rings. The van der Waals surface area contributed by atoms with E-state index in [1.807, 2.05) is 4.90 Å². The Labute approximate surface area is 101 Å². The molecule has 3 heterocycles. The zero-order valence-corrected chi connectivity index (χ0v) is 10.1. The molecule has 3 rings (SSSR count). The summed E-state index contributed by atoms with van der Waals surface area (Å²) < 4.78 is 3.72. The minimum atomic E-state index is -0.00870. The monoisotopic (exact) mass is 251 g/mol. The van der Waals surface area contributed by atoms with Crippen LogP contribution in [0.3, 0.4) is 0 Å². The molecule has 0 aliphatic carbocycles. The third kappa shape index (κ3) is 1.64. The largest absolute Gasteiger partial charge is 0.332 e. The van der Waals surface area contributed by atoms with Gasteiger partial charge in [0.2, 0.25) is 0 Å². The number of fused-ring (bicyclic) bond motifs is 1. The van der Waals surface area contributed by atoms with Crippen LogP contribution in [0.5, 0.6) is 0 Å². The second kappa shape index (κ2) is 3.95. The number of rotatable bonds is 1. The fraction of sp³-hybridized carbons (Fsp3) is 0.300. The van der Waals surface area contributed by atoms with Gasteiger partial charge < -0.3 is 4.90 Å². The summed E-state index contributed by atoms with van der Waals surface area (Å²) in [6.07, 6.45) is 0.955. The molecule has 0 aromatic carbocycles. The van der Waals surface area contributed by atoms with Crippen LogP contribution in [0.1, 0.15) is 20.9 Å². The normalized spacial score (nSPS) is 14.9. The Morgan fingerprint density at radius 2 is 2.44 bits per heavy atom. The van der Waals surface area contributed by atoms with Crippen molar-refractivity contribution in [2.45, 2.75) is 13.0 Å². The van der Waals surface area contributed by atoms with Crippen molar-refractivity contribution in [1.82, 2.24) is 14.5 Å². The molecule has 1 aliphatic heterocycles. The van der Waals surface area contributed by atoms with Crippen molar-refractivity contribution >= 4 is 28.8 Å². The van der Waals surface area contributed by atoms with Crippen LogP contribution in [0.15, 0.2) is 16.8 Å². The predicted molar refractivity (Wildman–Crippen MR) is 62.7 cm³/mol. The lowest BCUT2D eigenvalue weighted by Gasteiger charge is -2.26. The first kappa shape index (κ1) is 9.92. The van der Waals surface area contributed by atoms with E-state index in [2.05, 4.69) is 21.0 Å². The number of hydrogen-bond acceptors (Lipinski definition) is 5. The van der Waals surface area contributed by atoms with Crippen LogP contribution in [0, 0.1) is 0 Å². The standard InChI is InChI=1S/C10H9N3OS2/c14-10(8-6-16-12-11-8)13-3-1-9-7(5-13)2-4-15-9/h2,4,6H,1,3,5H2. The summed E-state index contributed by atoms with van der Waals surface area (Å²) in [7, 11) is 0. The Morgan fingerprint density at radius 3 is 3.25 bits per heavy atom. The van der Waals surface area contributed by atoms with Crippen molar-refractivity contribution in [2.75, 3.05) is 6.54 Å². The van der Waals surface area contributed by atoms with E-state index in [4.69, 9.17) is 0 Å². The Bertz CT molecular complexity index is 506. The maximum Gasteiger partial charge on any atom is 0.275 e. The average molecular weight is 251 g/mol. The van der Waals surface area contributed by atoms with E-state index in [1.165, 1.54) is 22.0 Å². The fourth-order valence-corrected chi connectivity index (χ4v) is 3.16. The van der Waals surface area contributed by atoms with Gasteiger partial charge >= 0.3 is 0 Å². The topological polar surface area (TPSA) is 46.1 Å². The van der Waals surface area contributed by atoms with E-state index in [-0.39, 0.29) is 5.91 Å². The van der Waals surface area contributed by atoms with Crippen molar-refractivity contribution in [3.63, 3.8) is 0 Å². The van der Waals surface area contributed by atoms with Gasteiger partial charge in [-0.25, -0.2) is 0 Å². The molecule has 0 spiro atoms. The minimum Gasteiger partial charge on any atom is -0.332 e. The minimum absolute atomic E-state index is 0.00870. The van der Waals surface area contributed by atoms with E-state index in [0.29, 0.717) is 12.2 Å². The number of hydrogen-bond donors (Lipinski definition) is 0. The van der Waals surface area contributed by atoms with Gasteiger partial charge in [0, 0.05) is 23.3 Å². The third-order valence-corrected chi connectivity index (χ3v) is 4.20. The summed E-state index contributed by atoms with van der Waals surface area (Å²) >= 11 is 2.99. The first-order valence-corrected chi connectivity index (χ1v) is 6.68. The van der Waals surface area contributed by atoms with Crippen LogP contribution in [-0.4, -0.2) is 26.9 Å². The number of carbonyl (C=O) groups excluding carboxylic acids is 1. The molecule has 6 heteroatoms. The third-order valence-electron chi connectivity index (χ3n) is 2.67. The molecule has 0 saturated heterocycles. The van der Waals surface area contributed by atoms with Gasteiger partial charge in [-0.2, -0.15) is 0 Å². The summed E-state index contributed by atoms with van der Waals surface area (Å²) in [4.78, 5) is 15.3. The SMILES string of the molecule is O=C(c1csnn1)N1CCc2sccc2C1. The van der Waals surface area contributed by atoms with Crippen molar-refractivity contribution in [3.05, 3.63) is 33.0 Å². The van der Waals surface area contributed by atoms with Gasteiger partial charge in [0.15, 0.2) is 5.69 Å². The van der Waals surface area contributed by atoms with Crippen LogP contribution >= 0.6 is 22.9 Å². The molecule has 0 bridgehead atoms. The first-order chi connectivity index (χ1) is 7.84. The molecule has 1 amide bonds. The van der Waals surface area contributed by atoms with Gasteiger partial charge in [-0.05, 0) is 35.0 Å². The Balaban J connectivity index is 1.81. The zero-order valence-electron chi connectivity index (χ0n) is 8.42. The van der Waals surface area contributed by atoms with Crippen molar-refractivity contribution in [3.8, 4) is 0 Å². The van der Waals surface area contributed by atoms with E-state index in [9.17, 15) is 4.79 Å². The van der Waals surface area contributed by atoms with Crippen molar-refractivity contribution in [2.24, 2.45) is 0 Å². The second-order valence-corrected chi connectivity index (χ2v) is 5.25. The highest BCUT2D eigenvalue weighted by atomic mass is 32.1. The molecule has 0 atom stereocenters. The Morgan fingerprint density at radius 1 is 1.50 bits per heavy atom. The quantitative estimate of drug-likeness (QED) is 0.776. The molecular weight excluding hydrogens is 242 g/mol. The van der Waals surface area contributed by atoms with E-state index in [0.717, 1.165) is 13.0 Å². The molecule has 0 radical (unpaired) electrons. The summed E-state index contributed by atoms with van der Waals surface area (Å²) in [6, 6.07) is 2.10. The highest BCUT2D eigenvalue weighted by molar-refractivity contribution is 7.10. The number of nitrogens with zero attached hydrogens (tertiary/aromatic N) is 3. The number of carbonyl (C=O) groups is 1. The van der Waals surface area contributed by atoms with Gasteiger partial charge in [-0.15, -0.1) is 16.4 Å². The molecule has 16 heavy (non-hydrogen) atoms. The second-order valence-electron chi connectivity index (χ2n) is 3.64. The molecule has 0 saturated carbocycles. The van der Waals surface area contributed by atoms with Crippen LogP contribution < -0.4 is 0 Å². The van der Waals surface area contributed by atoms with Crippen molar-refractivity contribution in [1.29, 1.82) is 0 Å². The maximum absolute atomic E-state index is 12.0. The van der Waals surface area contributed by atoms with E-state index < -0.39 is 0 Å². The summed E-state index contributed by atoms with van der Waals surface area (Å²) in [5.41, 5.74) is 1.73.